The number of hydrogen-bond acceptors (Lipinski definition) is 5. The van der Waals surface area contributed by atoms with Gasteiger partial charge in [-0.05, 0) is 30.2 Å². The molecule has 2 N–H and O–H groups in total. The zero-order valence-electron chi connectivity index (χ0n) is 18.3. The lowest BCUT2D eigenvalue weighted by Gasteiger charge is -2.35. The van der Waals surface area contributed by atoms with E-state index < -0.39 is 0 Å². The van der Waals surface area contributed by atoms with Gasteiger partial charge in [-0.1, -0.05) is 24.3 Å². The summed E-state index contributed by atoms with van der Waals surface area (Å²) >= 11 is 0. The maximum atomic E-state index is 12.7. The highest BCUT2D eigenvalue weighted by Crippen LogP contribution is 2.16. The van der Waals surface area contributed by atoms with Gasteiger partial charge in [0.1, 0.15) is 5.82 Å². The van der Waals surface area contributed by atoms with Gasteiger partial charge in [-0.15, -0.1) is 0 Å². The predicted octanol–water partition coefficient (Wildman–Crippen LogP) is 1.98. The van der Waals surface area contributed by atoms with Crippen molar-refractivity contribution in [2.45, 2.75) is 19.8 Å². The molecule has 166 valence electrons. The van der Waals surface area contributed by atoms with Crippen molar-refractivity contribution < 1.29 is 9.59 Å². The van der Waals surface area contributed by atoms with Gasteiger partial charge >= 0.3 is 0 Å². The fraction of sp³-hybridized carbons (Fsp3) is 0.333. The van der Waals surface area contributed by atoms with Crippen LogP contribution in [0.25, 0.3) is 0 Å². The Bertz CT molecular complexity index is 1040. The van der Waals surface area contributed by atoms with Crippen LogP contribution in [0.15, 0.2) is 55.1 Å². The van der Waals surface area contributed by atoms with E-state index in [4.69, 9.17) is 0 Å². The minimum absolute atomic E-state index is 0.143. The standard InChI is InChI=1S/C24H28N6O2/c1-18-4-2-3-5-19(18)14-23(31)30-12-10-29(11-13-30)22-7-6-20(15-27-22)24(32)26-9-8-21-16-25-17-28-21/h2-7,15-17H,8-14H2,1H3,(H,25,28)(H,26,32). The summed E-state index contributed by atoms with van der Waals surface area (Å²) in [4.78, 5) is 40.5. The number of H-pyrrole nitrogens is 1. The Labute approximate surface area is 187 Å². The van der Waals surface area contributed by atoms with Crippen molar-refractivity contribution in [3.63, 3.8) is 0 Å². The van der Waals surface area contributed by atoms with E-state index in [2.05, 4.69) is 25.2 Å². The number of imidazole rings is 1. The number of anilines is 1. The van der Waals surface area contributed by atoms with Gasteiger partial charge < -0.3 is 20.1 Å². The van der Waals surface area contributed by atoms with E-state index in [0.29, 0.717) is 38.0 Å². The normalized spacial score (nSPS) is 13.8. The molecule has 1 aromatic carbocycles. The number of aryl methyl sites for hydroxylation is 1. The molecule has 2 aromatic heterocycles. The molecule has 0 radical (unpaired) electrons. The fourth-order valence-electron chi connectivity index (χ4n) is 3.81. The zero-order chi connectivity index (χ0) is 22.3. The second-order valence-corrected chi connectivity index (χ2v) is 7.96. The van der Waals surface area contributed by atoms with Gasteiger partial charge in [0.25, 0.3) is 5.91 Å². The highest BCUT2D eigenvalue weighted by molar-refractivity contribution is 5.94. The number of amides is 2. The number of rotatable bonds is 7. The second kappa shape index (κ2) is 10.1. The van der Waals surface area contributed by atoms with Crippen molar-refractivity contribution in [1.29, 1.82) is 0 Å². The van der Waals surface area contributed by atoms with Crippen LogP contribution in [0.1, 0.15) is 27.2 Å². The van der Waals surface area contributed by atoms with Crippen LogP contribution in [0.3, 0.4) is 0 Å². The summed E-state index contributed by atoms with van der Waals surface area (Å²) in [6.07, 6.45) is 6.12. The van der Waals surface area contributed by atoms with Crippen LogP contribution in [0.4, 0.5) is 5.82 Å². The molecule has 8 heteroatoms. The van der Waals surface area contributed by atoms with Gasteiger partial charge in [-0.3, -0.25) is 9.59 Å². The maximum Gasteiger partial charge on any atom is 0.252 e. The highest BCUT2D eigenvalue weighted by Gasteiger charge is 2.22. The van der Waals surface area contributed by atoms with Crippen LogP contribution in [0.2, 0.25) is 0 Å². The lowest BCUT2D eigenvalue weighted by Crippen LogP contribution is -2.49. The molecule has 4 rings (SSSR count). The Kier molecular flexibility index (Phi) is 6.79. The van der Waals surface area contributed by atoms with Gasteiger partial charge in [0.05, 0.1) is 18.3 Å². The van der Waals surface area contributed by atoms with E-state index in [1.807, 2.05) is 42.2 Å². The summed E-state index contributed by atoms with van der Waals surface area (Å²) in [7, 11) is 0. The quantitative estimate of drug-likeness (QED) is 0.595. The first kappa shape index (κ1) is 21.5. The molecule has 0 spiro atoms. The van der Waals surface area contributed by atoms with E-state index in [0.717, 1.165) is 35.7 Å². The molecule has 0 unspecified atom stereocenters. The van der Waals surface area contributed by atoms with Crippen LogP contribution in [0.5, 0.6) is 0 Å². The van der Waals surface area contributed by atoms with Gasteiger partial charge in [-0.25, -0.2) is 9.97 Å². The summed E-state index contributed by atoms with van der Waals surface area (Å²) in [6.45, 7) is 5.35. The molecule has 1 aliphatic rings. The Balaban J connectivity index is 1.25. The Morgan fingerprint density at radius 3 is 2.56 bits per heavy atom. The van der Waals surface area contributed by atoms with Crippen molar-refractivity contribution >= 4 is 17.6 Å². The molecular weight excluding hydrogens is 404 g/mol. The number of hydrogen-bond donors (Lipinski definition) is 2. The molecule has 8 nitrogen and oxygen atoms in total. The Morgan fingerprint density at radius 2 is 1.88 bits per heavy atom. The summed E-state index contributed by atoms with van der Waals surface area (Å²) < 4.78 is 0. The number of aromatic nitrogens is 3. The van der Waals surface area contributed by atoms with E-state index in [1.54, 1.807) is 24.8 Å². The SMILES string of the molecule is Cc1ccccc1CC(=O)N1CCN(c2ccc(C(=O)NCCc3cnc[nH]3)cn2)CC1. The molecular formula is C24H28N6O2. The molecule has 0 atom stereocenters. The predicted molar refractivity (Wildman–Crippen MR) is 123 cm³/mol. The fourth-order valence-corrected chi connectivity index (χ4v) is 3.81. The molecule has 3 aromatic rings. The molecule has 1 aliphatic heterocycles. The van der Waals surface area contributed by atoms with Crippen molar-refractivity contribution in [2.24, 2.45) is 0 Å². The number of carbonyl (C=O) groups excluding carboxylic acids is 2. The summed E-state index contributed by atoms with van der Waals surface area (Å²) in [6, 6.07) is 11.7. The number of nitrogens with zero attached hydrogens (tertiary/aromatic N) is 4. The van der Waals surface area contributed by atoms with Gasteiger partial charge in [-0.2, -0.15) is 0 Å². The zero-order valence-corrected chi connectivity index (χ0v) is 18.3. The molecule has 1 saturated heterocycles. The average molecular weight is 433 g/mol. The van der Waals surface area contributed by atoms with Crippen LogP contribution in [-0.2, 0) is 17.6 Å². The van der Waals surface area contributed by atoms with Crippen LogP contribution in [0, 0.1) is 6.92 Å². The highest BCUT2D eigenvalue weighted by atomic mass is 16.2. The smallest absolute Gasteiger partial charge is 0.252 e. The average Bonchev–Trinajstić information content (AvgIpc) is 3.34. The molecule has 0 bridgehead atoms. The monoisotopic (exact) mass is 432 g/mol. The van der Waals surface area contributed by atoms with Crippen molar-refractivity contribution in [3.8, 4) is 0 Å². The minimum Gasteiger partial charge on any atom is -0.353 e. The van der Waals surface area contributed by atoms with E-state index in [9.17, 15) is 9.59 Å². The van der Waals surface area contributed by atoms with E-state index in [-0.39, 0.29) is 11.8 Å². The van der Waals surface area contributed by atoms with E-state index >= 15 is 0 Å². The third-order valence-corrected chi connectivity index (χ3v) is 5.80. The maximum absolute atomic E-state index is 12.7. The Hall–Kier alpha value is -3.68. The lowest BCUT2D eigenvalue weighted by atomic mass is 10.1. The van der Waals surface area contributed by atoms with Gasteiger partial charge in [0.2, 0.25) is 5.91 Å². The minimum atomic E-state index is -0.143. The first-order valence-corrected chi connectivity index (χ1v) is 10.9. The number of pyridine rings is 1. The lowest BCUT2D eigenvalue weighted by molar-refractivity contribution is -0.130. The Morgan fingerprint density at radius 1 is 1.06 bits per heavy atom. The molecule has 1 fully saturated rings. The van der Waals surface area contributed by atoms with Gasteiger partial charge in [0, 0.05) is 57.2 Å². The van der Waals surface area contributed by atoms with Crippen LogP contribution >= 0.6 is 0 Å². The number of benzene rings is 1. The third kappa shape index (κ3) is 5.32. The largest absolute Gasteiger partial charge is 0.353 e. The summed E-state index contributed by atoms with van der Waals surface area (Å²) in [5.41, 5.74) is 3.75. The number of aromatic amines is 1. The van der Waals surface area contributed by atoms with Crippen LogP contribution in [-0.4, -0.2) is 64.4 Å². The topological polar surface area (TPSA) is 94.2 Å². The molecule has 0 saturated carbocycles. The molecule has 3 heterocycles. The number of nitrogens with one attached hydrogen (secondary N) is 2. The van der Waals surface area contributed by atoms with Crippen molar-refractivity contribution in [3.05, 3.63) is 77.5 Å². The molecule has 2 amide bonds. The second-order valence-electron chi connectivity index (χ2n) is 7.96. The summed E-state index contributed by atoms with van der Waals surface area (Å²) in [5, 5.41) is 2.89. The molecule has 32 heavy (non-hydrogen) atoms. The van der Waals surface area contributed by atoms with Crippen molar-refractivity contribution in [1.82, 2.24) is 25.2 Å². The van der Waals surface area contributed by atoms with Crippen molar-refractivity contribution in [2.75, 3.05) is 37.6 Å². The first-order chi connectivity index (χ1) is 15.6. The van der Waals surface area contributed by atoms with Crippen LogP contribution < -0.4 is 10.2 Å². The number of carbonyl (C=O) groups is 2. The summed E-state index contributed by atoms with van der Waals surface area (Å²) in [5.74, 6) is 0.842. The van der Waals surface area contributed by atoms with E-state index in [1.165, 1.54) is 0 Å². The van der Waals surface area contributed by atoms with Gasteiger partial charge in [0.15, 0.2) is 0 Å². The number of piperazine rings is 1. The molecule has 0 aliphatic carbocycles. The third-order valence-electron chi connectivity index (χ3n) is 5.80. The first-order valence-electron chi connectivity index (χ1n) is 10.9.